The van der Waals surface area contributed by atoms with Crippen molar-refractivity contribution in [2.75, 3.05) is 6.61 Å². The second-order valence-corrected chi connectivity index (χ2v) is 6.41. The molecule has 0 aromatic heterocycles. The molecule has 0 unspecified atom stereocenters. The fourth-order valence-electron chi connectivity index (χ4n) is 3.12. The van der Waals surface area contributed by atoms with Gasteiger partial charge in [-0.3, -0.25) is 9.59 Å². The minimum absolute atomic E-state index is 0.275. The van der Waals surface area contributed by atoms with Gasteiger partial charge in [-0.05, 0) is 67.1 Å². The molecule has 3 heteroatoms. The Kier molecular flexibility index (Phi) is 6.51. The molecule has 0 heterocycles. The molecular weight excluding hydrogens is 312 g/mol. The minimum Gasteiger partial charge on any atom is -0.494 e. The Morgan fingerprint density at radius 3 is 2.40 bits per heavy atom. The van der Waals surface area contributed by atoms with Crippen molar-refractivity contribution in [2.45, 2.75) is 47.0 Å². The normalized spacial score (nSPS) is 10.6. The van der Waals surface area contributed by atoms with Gasteiger partial charge >= 0.3 is 0 Å². The Bertz CT molecular complexity index is 752. The van der Waals surface area contributed by atoms with Crippen LogP contribution in [-0.4, -0.2) is 18.7 Å². The van der Waals surface area contributed by atoms with Crippen molar-refractivity contribution < 1.29 is 14.3 Å². The molecule has 0 spiro atoms. The average molecular weight is 338 g/mol. The van der Waals surface area contributed by atoms with Crippen LogP contribution < -0.4 is 4.74 Å². The van der Waals surface area contributed by atoms with Gasteiger partial charge in [0.1, 0.15) is 17.8 Å². The van der Waals surface area contributed by atoms with Gasteiger partial charge in [-0.15, -0.1) is 0 Å². The smallest absolute Gasteiger partial charge is 0.150 e. The number of ether oxygens (including phenoxy) is 1. The Labute approximate surface area is 150 Å². The fourth-order valence-corrected chi connectivity index (χ4v) is 3.12. The molecule has 0 N–H and O–H groups in total. The maximum Gasteiger partial charge on any atom is 0.150 e. The summed E-state index contributed by atoms with van der Waals surface area (Å²) in [5, 5.41) is 0. The molecule has 0 bridgehead atoms. The van der Waals surface area contributed by atoms with Crippen molar-refractivity contribution in [1.82, 2.24) is 0 Å². The zero-order valence-corrected chi connectivity index (χ0v) is 15.5. The summed E-state index contributed by atoms with van der Waals surface area (Å²) < 4.78 is 5.82. The first-order valence-corrected chi connectivity index (χ1v) is 8.78. The lowest BCUT2D eigenvalue weighted by atomic mass is 9.90. The molecule has 25 heavy (non-hydrogen) atoms. The number of ketones is 1. The van der Waals surface area contributed by atoms with Gasteiger partial charge in [-0.1, -0.05) is 25.1 Å². The van der Waals surface area contributed by atoms with E-state index < -0.39 is 0 Å². The van der Waals surface area contributed by atoms with Crippen LogP contribution in [0.1, 0.15) is 53.2 Å². The summed E-state index contributed by atoms with van der Waals surface area (Å²) in [6, 6.07) is 9.86. The van der Waals surface area contributed by atoms with E-state index in [0.717, 1.165) is 51.8 Å². The molecule has 0 aliphatic carbocycles. The number of hydrogen-bond donors (Lipinski definition) is 0. The van der Waals surface area contributed by atoms with Crippen LogP contribution in [0.2, 0.25) is 0 Å². The molecule has 3 nitrogen and oxygen atoms in total. The SMILES string of the molecule is CCC(=O)CCCOc1cc(C)c(-c2cccc(C=O)c2C)c(C)c1. The first kappa shape index (κ1) is 18.9. The highest BCUT2D eigenvalue weighted by atomic mass is 16.5. The molecule has 0 saturated carbocycles. The van der Waals surface area contributed by atoms with Crippen molar-refractivity contribution in [3.63, 3.8) is 0 Å². The number of Topliss-reactive ketones (excluding diaryl/α,β-unsaturated/α-hetero) is 1. The first-order valence-electron chi connectivity index (χ1n) is 8.78. The van der Waals surface area contributed by atoms with Gasteiger partial charge in [0.15, 0.2) is 0 Å². The van der Waals surface area contributed by atoms with E-state index in [9.17, 15) is 9.59 Å². The third kappa shape index (κ3) is 4.56. The van der Waals surface area contributed by atoms with Crippen LogP contribution in [0.5, 0.6) is 5.75 Å². The standard InChI is InChI=1S/C22H26O3/c1-5-19(24)9-7-11-25-20-12-15(2)22(16(3)13-20)21-10-6-8-18(14-23)17(21)4/h6,8,10,12-14H,5,7,9,11H2,1-4H3. The van der Waals surface area contributed by atoms with E-state index in [0.29, 0.717) is 19.4 Å². The molecule has 0 fully saturated rings. The number of aryl methyl sites for hydroxylation is 2. The monoisotopic (exact) mass is 338 g/mol. The lowest BCUT2D eigenvalue weighted by Gasteiger charge is -2.16. The molecular formula is C22H26O3. The molecule has 0 saturated heterocycles. The first-order chi connectivity index (χ1) is 12.0. The van der Waals surface area contributed by atoms with E-state index in [1.807, 2.05) is 38.1 Å². The van der Waals surface area contributed by atoms with Gasteiger partial charge in [0.05, 0.1) is 6.61 Å². The molecule has 0 amide bonds. The quantitative estimate of drug-likeness (QED) is 0.489. The third-order valence-electron chi connectivity index (χ3n) is 4.54. The second kappa shape index (κ2) is 8.61. The highest BCUT2D eigenvalue weighted by Gasteiger charge is 2.12. The van der Waals surface area contributed by atoms with E-state index in [4.69, 9.17) is 4.74 Å². The van der Waals surface area contributed by atoms with Crippen LogP contribution in [0.15, 0.2) is 30.3 Å². The summed E-state index contributed by atoms with van der Waals surface area (Å²) in [5.41, 5.74) is 6.18. The van der Waals surface area contributed by atoms with Crippen molar-refractivity contribution in [3.8, 4) is 16.9 Å². The van der Waals surface area contributed by atoms with E-state index >= 15 is 0 Å². The van der Waals surface area contributed by atoms with Crippen LogP contribution in [0.25, 0.3) is 11.1 Å². The number of rotatable bonds is 8. The van der Waals surface area contributed by atoms with Gasteiger partial charge in [-0.25, -0.2) is 0 Å². The molecule has 0 radical (unpaired) electrons. The van der Waals surface area contributed by atoms with Crippen molar-refractivity contribution >= 4 is 12.1 Å². The Balaban J connectivity index is 2.21. The number of aldehydes is 1. The summed E-state index contributed by atoms with van der Waals surface area (Å²) in [5.74, 6) is 1.10. The van der Waals surface area contributed by atoms with E-state index in [1.165, 1.54) is 0 Å². The molecule has 0 aliphatic rings. The summed E-state index contributed by atoms with van der Waals surface area (Å²) in [6.45, 7) is 8.53. The molecule has 0 atom stereocenters. The van der Waals surface area contributed by atoms with Gasteiger partial charge in [0.2, 0.25) is 0 Å². The molecule has 2 aromatic carbocycles. The summed E-state index contributed by atoms with van der Waals surface area (Å²) >= 11 is 0. The molecule has 132 valence electrons. The summed E-state index contributed by atoms with van der Waals surface area (Å²) in [4.78, 5) is 22.5. The molecule has 2 aromatic rings. The Hall–Kier alpha value is -2.42. The number of benzene rings is 2. The zero-order chi connectivity index (χ0) is 18.4. The van der Waals surface area contributed by atoms with Crippen molar-refractivity contribution in [1.29, 1.82) is 0 Å². The maximum atomic E-state index is 11.3. The van der Waals surface area contributed by atoms with Gasteiger partial charge < -0.3 is 4.74 Å². The zero-order valence-electron chi connectivity index (χ0n) is 15.5. The topological polar surface area (TPSA) is 43.4 Å². The van der Waals surface area contributed by atoms with Crippen LogP contribution in [0.3, 0.4) is 0 Å². The van der Waals surface area contributed by atoms with Crippen molar-refractivity contribution in [3.05, 3.63) is 52.6 Å². The summed E-state index contributed by atoms with van der Waals surface area (Å²) in [7, 11) is 0. The highest BCUT2D eigenvalue weighted by molar-refractivity contribution is 5.84. The van der Waals surface area contributed by atoms with Gasteiger partial charge in [-0.2, -0.15) is 0 Å². The van der Waals surface area contributed by atoms with Gasteiger partial charge in [0, 0.05) is 18.4 Å². The highest BCUT2D eigenvalue weighted by Crippen LogP contribution is 2.33. The third-order valence-corrected chi connectivity index (χ3v) is 4.54. The maximum absolute atomic E-state index is 11.3. The Morgan fingerprint density at radius 1 is 1.12 bits per heavy atom. The van der Waals surface area contributed by atoms with Crippen LogP contribution in [0.4, 0.5) is 0 Å². The lowest BCUT2D eigenvalue weighted by Crippen LogP contribution is -2.03. The van der Waals surface area contributed by atoms with Crippen LogP contribution >= 0.6 is 0 Å². The lowest BCUT2D eigenvalue weighted by molar-refractivity contribution is -0.118. The van der Waals surface area contributed by atoms with Gasteiger partial charge in [0.25, 0.3) is 0 Å². The van der Waals surface area contributed by atoms with E-state index in [1.54, 1.807) is 0 Å². The van der Waals surface area contributed by atoms with E-state index in [-0.39, 0.29) is 5.78 Å². The minimum atomic E-state index is 0.275. The van der Waals surface area contributed by atoms with E-state index in [2.05, 4.69) is 19.9 Å². The van der Waals surface area contributed by atoms with Crippen molar-refractivity contribution in [2.24, 2.45) is 0 Å². The largest absolute Gasteiger partial charge is 0.494 e. The average Bonchev–Trinajstić information content (AvgIpc) is 2.59. The number of carbonyl (C=O) groups is 2. The number of carbonyl (C=O) groups excluding carboxylic acids is 2. The predicted octanol–water partition coefficient (Wildman–Crippen LogP) is 5.23. The second-order valence-electron chi connectivity index (χ2n) is 6.41. The Morgan fingerprint density at radius 2 is 1.80 bits per heavy atom. The fraction of sp³-hybridized carbons (Fsp3) is 0.364. The molecule has 2 rings (SSSR count). The predicted molar refractivity (Wildman–Crippen MR) is 102 cm³/mol. The summed E-state index contributed by atoms with van der Waals surface area (Å²) in [6.07, 6.45) is 2.81. The molecule has 0 aliphatic heterocycles. The number of hydrogen-bond acceptors (Lipinski definition) is 3. The van der Waals surface area contributed by atoms with Crippen LogP contribution in [-0.2, 0) is 4.79 Å². The van der Waals surface area contributed by atoms with Crippen LogP contribution in [0, 0.1) is 20.8 Å².